The summed E-state index contributed by atoms with van der Waals surface area (Å²) >= 11 is 0. The number of likely N-dealkylation sites (N-methyl/N-ethyl adjacent to an activating group) is 1. The zero-order chi connectivity index (χ0) is 12.1. The van der Waals surface area contributed by atoms with E-state index >= 15 is 0 Å². The van der Waals surface area contributed by atoms with Gasteiger partial charge in [0.25, 0.3) is 0 Å². The van der Waals surface area contributed by atoms with Crippen molar-refractivity contribution in [3.05, 3.63) is 0 Å². The van der Waals surface area contributed by atoms with Crippen LogP contribution in [0.5, 0.6) is 0 Å². The highest BCUT2D eigenvalue weighted by Gasteiger charge is 2.24. The zero-order valence-corrected chi connectivity index (χ0v) is 11.5. The lowest BCUT2D eigenvalue weighted by molar-refractivity contribution is 0.116. The number of rotatable bonds is 6. The van der Waals surface area contributed by atoms with Crippen LogP contribution in [0.3, 0.4) is 0 Å². The summed E-state index contributed by atoms with van der Waals surface area (Å²) in [6.45, 7) is 15.5. The molecule has 2 nitrogen and oxygen atoms in total. The molecule has 0 aromatic heterocycles. The summed E-state index contributed by atoms with van der Waals surface area (Å²) in [5.41, 5.74) is 6.27. The molecular weight excluding hydrogens is 184 g/mol. The Morgan fingerprint density at radius 3 is 2.00 bits per heavy atom. The molecule has 2 N–H and O–H groups in total. The average Bonchev–Trinajstić information content (AvgIpc) is 2.15. The lowest BCUT2D eigenvalue weighted by Gasteiger charge is -2.38. The maximum atomic E-state index is 5.91. The van der Waals surface area contributed by atoms with E-state index in [2.05, 4.69) is 46.4 Å². The summed E-state index contributed by atoms with van der Waals surface area (Å²) in [7, 11) is 0. The Kier molecular flexibility index (Phi) is 6.46. The molecule has 0 saturated heterocycles. The van der Waals surface area contributed by atoms with Crippen molar-refractivity contribution < 1.29 is 0 Å². The Morgan fingerprint density at radius 1 is 1.20 bits per heavy atom. The third-order valence-electron chi connectivity index (χ3n) is 3.11. The largest absolute Gasteiger partial charge is 0.329 e. The predicted octanol–water partition coefficient (Wildman–Crippen LogP) is 2.87. The monoisotopic (exact) mass is 214 g/mol. The van der Waals surface area contributed by atoms with Crippen molar-refractivity contribution in [3.63, 3.8) is 0 Å². The van der Waals surface area contributed by atoms with Gasteiger partial charge in [-0.25, -0.2) is 0 Å². The Labute approximate surface area is 96.2 Å². The van der Waals surface area contributed by atoms with Gasteiger partial charge in [0.2, 0.25) is 0 Å². The van der Waals surface area contributed by atoms with Gasteiger partial charge in [0.05, 0.1) is 0 Å². The molecule has 0 aromatic rings. The molecule has 0 bridgehead atoms. The highest BCUT2D eigenvalue weighted by atomic mass is 15.2. The molecule has 0 rings (SSSR count). The Hall–Kier alpha value is -0.0800. The normalized spacial score (nSPS) is 16.8. The van der Waals surface area contributed by atoms with Crippen molar-refractivity contribution in [3.8, 4) is 0 Å². The van der Waals surface area contributed by atoms with E-state index in [-0.39, 0.29) is 0 Å². The van der Waals surface area contributed by atoms with Crippen LogP contribution in [0.1, 0.15) is 54.4 Å². The minimum Gasteiger partial charge on any atom is -0.329 e. The van der Waals surface area contributed by atoms with Crippen molar-refractivity contribution >= 4 is 0 Å². The van der Waals surface area contributed by atoms with Gasteiger partial charge in [-0.05, 0) is 31.7 Å². The summed E-state index contributed by atoms with van der Waals surface area (Å²) in [5.74, 6) is 0. The van der Waals surface area contributed by atoms with Gasteiger partial charge in [0.1, 0.15) is 0 Å². The second kappa shape index (κ2) is 6.49. The Bertz CT molecular complexity index is 160. The second-order valence-corrected chi connectivity index (χ2v) is 5.74. The molecule has 0 saturated carbocycles. The molecule has 0 aromatic carbocycles. The lowest BCUT2D eigenvalue weighted by Crippen LogP contribution is -2.47. The number of hydrogen-bond donors (Lipinski definition) is 1. The van der Waals surface area contributed by atoms with E-state index in [1.54, 1.807) is 0 Å². The number of hydrogen-bond acceptors (Lipinski definition) is 2. The third-order valence-corrected chi connectivity index (χ3v) is 3.11. The molecule has 0 aliphatic heterocycles. The molecule has 2 atom stereocenters. The summed E-state index contributed by atoms with van der Waals surface area (Å²) in [6, 6.07) is 1.18. The van der Waals surface area contributed by atoms with E-state index in [0.717, 1.165) is 13.1 Å². The van der Waals surface area contributed by atoms with Crippen molar-refractivity contribution in [2.75, 3.05) is 13.1 Å². The van der Waals surface area contributed by atoms with Gasteiger partial charge in [-0.3, -0.25) is 4.90 Å². The fourth-order valence-electron chi connectivity index (χ4n) is 2.21. The van der Waals surface area contributed by atoms with Crippen LogP contribution in [0.15, 0.2) is 0 Å². The summed E-state index contributed by atoms with van der Waals surface area (Å²) in [4.78, 5) is 2.55. The highest BCUT2D eigenvalue weighted by Crippen LogP contribution is 2.24. The molecule has 0 fully saturated rings. The van der Waals surface area contributed by atoms with Gasteiger partial charge in [0, 0.05) is 18.6 Å². The van der Waals surface area contributed by atoms with Crippen LogP contribution in [-0.4, -0.2) is 30.1 Å². The van der Waals surface area contributed by atoms with E-state index < -0.39 is 0 Å². The minimum absolute atomic E-state index is 0.366. The minimum atomic E-state index is 0.366. The van der Waals surface area contributed by atoms with E-state index in [4.69, 9.17) is 5.73 Å². The Morgan fingerprint density at radius 2 is 1.73 bits per heavy atom. The predicted molar refractivity (Wildman–Crippen MR) is 69.0 cm³/mol. The first-order chi connectivity index (χ1) is 6.85. The van der Waals surface area contributed by atoms with Gasteiger partial charge in [-0.15, -0.1) is 0 Å². The first kappa shape index (κ1) is 14.9. The molecule has 0 radical (unpaired) electrons. The molecule has 0 heterocycles. The van der Waals surface area contributed by atoms with E-state index in [9.17, 15) is 0 Å². The van der Waals surface area contributed by atoms with Gasteiger partial charge >= 0.3 is 0 Å². The van der Waals surface area contributed by atoms with Crippen LogP contribution in [0.25, 0.3) is 0 Å². The summed E-state index contributed by atoms with van der Waals surface area (Å²) in [6.07, 6.45) is 2.39. The quantitative estimate of drug-likeness (QED) is 0.736. The fourth-order valence-corrected chi connectivity index (χ4v) is 2.21. The van der Waals surface area contributed by atoms with Crippen molar-refractivity contribution in [2.24, 2.45) is 11.1 Å². The van der Waals surface area contributed by atoms with Crippen molar-refractivity contribution in [1.82, 2.24) is 4.90 Å². The van der Waals surface area contributed by atoms with Crippen LogP contribution in [-0.2, 0) is 0 Å². The molecule has 0 amide bonds. The average molecular weight is 214 g/mol. The topological polar surface area (TPSA) is 29.3 Å². The van der Waals surface area contributed by atoms with Gasteiger partial charge in [-0.2, -0.15) is 0 Å². The van der Waals surface area contributed by atoms with Crippen molar-refractivity contribution in [2.45, 2.75) is 66.5 Å². The SMILES string of the molecule is CCC(C)N(CC)C(CN)CC(C)(C)C. The van der Waals surface area contributed by atoms with Crippen LogP contribution < -0.4 is 5.73 Å². The molecule has 92 valence electrons. The maximum Gasteiger partial charge on any atom is 0.0226 e. The zero-order valence-electron chi connectivity index (χ0n) is 11.5. The Balaban J connectivity index is 4.47. The van der Waals surface area contributed by atoms with Gasteiger partial charge in [0.15, 0.2) is 0 Å². The molecule has 2 heteroatoms. The highest BCUT2D eigenvalue weighted by molar-refractivity contribution is 4.80. The maximum absolute atomic E-state index is 5.91. The fraction of sp³-hybridized carbons (Fsp3) is 1.00. The molecule has 0 spiro atoms. The molecule has 15 heavy (non-hydrogen) atoms. The van der Waals surface area contributed by atoms with Crippen LogP contribution in [0.2, 0.25) is 0 Å². The standard InChI is InChI=1S/C13H30N2/c1-7-11(3)15(8-2)12(10-14)9-13(4,5)6/h11-12H,7-10,14H2,1-6H3. The van der Waals surface area contributed by atoms with Crippen LogP contribution in [0, 0.1) is 5.41 Å². The first-order valence-electron chi connectivity index (χ1n) is 6.31. The van der Waals surface area contributed by atoms with Gasteiger partial charge in [-0.1, -0.05) is 34.6 Å². The third kappa shape index (κ3) is 5.53. The smallest absolute Gasteiger partial charge is 0.0226 e. The van der Waals surface area contributed by atoms with Crippen LogP contribution >= 0.6 is 0 Å². The first-order valence-corrected chi connectivity index (χ1v) is 6.31. The summed E-state index contributed by atoms with van der Waals surface area (Å²) < 4.78 is 0. The van der Waals surface area contributed by atoms with Gasteiger partial charge < -0.3 is 5.73 Å². The molecular formula is C13H30N2. The second-order valence-electron chi connectivity index (χ2n) is 5.74. The molecule has 2 unspecified atom stereocenters. The van der Waals surface area contributed by atoms with E-state index in [0.29, 0.717) is 17.5 Å². The summed E-state index contributed by atoms with van der Waals surface area (Å²) in [5, 5.41) is 0. The van der Waals surface area contributed by atoms with E-state index in [1.807, 2.05) is 0 Å². The number of nitrogens with two attached hydrogens (primary N) is 1. The van der Waals surface area contributed by atoms with Crippen molar-refractivity contribution in [1.29, 1.82) is 0 Å². The lowest BCUT2D eigenvalue weighted by atomic mass is 9.87. The number of nitrogens with zero attached hydrogens (tertiary/aromatic N) is 1. The van der Waals surface area contributed by atoms with Crippen LogP contribution in [0.4, 0.5) is 0 Å². The van der Waals surface area contributed by atoms with E-state index in [1.165, 1.54) is 12.8 Å². The molecule has 0 aliphatic rings. The molecule has 0 aliphatic carbocycles.